The van der Waals surface area contributed by atoms with Crippen molar-refractivity contribution in [3.63, 3.8) is 0 Å². The molecule has 3 amide bonds. The van der Waals surface area contributed by atoms with Gasteiger partial charge in [-0.15, -0.1) is 10.2 Å². The summed E-state index contributed by atoms with van der Waals surface area (Å²) in [5, 5.41) is 47.4. The molecule has 10 rings (SSSR count). The Hall–Kier alpha value is -8.72. The zero-order valence-electron chi connectivity index (χ0n) is 46.9. The van der Waals surface area contributed by atoms with Crippen molar-refractivity contribution in [2.24, 2.45) is 5.92 Å². The smallest absolute Gasteiger partial charge is 0.405 e. The molecule has 0 aliphatic carbocycles. The fraction of sp³-hybridized carbons (Fsp3) is 0.371. The Balaban J connectivity index is 0.719. The Kier molecular flexibility index (Phi) is 17.2. The molecule has 5 aromatic carbocycles. The second-order valence-electron chi connectivity index (χ2n) is 22.1. The van der Waals surface area contributed by atoms with Gasteiger partial charge in [0.25, 0.3) is 5.91 Å². The van der Waals surface area contributed by atoms with E-state index in [0.29, 0.717) is 108 Å². The van der Waals surface area contributed by atoms with E-state index in [1.165, 1.54) is 22.3 Å². The number of hydrogen-bond donors (Lipinski definition) is 5. The predicted octanol–water partition coefficient (Wildman–Crippen LogP) is 8.72. The van der Waals surface area contributed by atoms with Gasteiger partial charge in [0.15, 0.2) is 5.82 Å². The molecule has 0 saturated carbocycles. The number of nitrogens with zero attached hydrogens (tertiary/aromatic N) is 10. The van der Waals surface area contributed by atoms with Crippen molar-refractivity contribution in [1.82, 2.24) is 44.7 Å². The minimum atomic E-state index is -4.66. The third-order valence-electron chi connectivity index (χ3n) is 15.8. The maximum absolute atomic E-state index is 13.6. The summed E-state index contributed by atoms with van der Waals surface area (Å²) >= 11 is 0. The minimum Gasteiger partial charge on any atom is -0.508 e. The lowest BCUT2D eigenvalue weighted by atomic mass is 9.90. The van der Waals surface area contributed by atoms with Crippen LogP contribution < -0.4 is 20.4 Å². The fourth-order valence-electron chi connectivity index (χ4n) is 11.5. The maximum atomic E-state index is 13.6. The van der Waals surface area contributed by atoms with E-state index in [9.17, 15) is 42.9 Å². The Morgan fingerprint density at radius 2 is 1.48 bits per heavy atom. The number of alkyl halides is 3. The number of aromatic hydroxyl groups is 3. The van der Waals surface area contributed by atoms with Crippen LogP contribution in [-0.4, -0.2) is 145 Å². The van der Waals surface area contributed by atoms with Crippen molar-refractivity contribution in [3.8, 4) is 34.3 Å². The topological polar surface area (TPSA) is 209 Å². The van der Waals surface area contributed by atoms with Gasteiger partial charge in [-0.25, -0.2) is 4.98 Å². The second-order valence-corrected chi connectivity index (χ2v) is 22.1. The van der Waals surface area contributed by atoms with Gasteiger partial charge in [0.2, 0.25) is 23.6 Å². The van der Waals surface area contributed by atoms with E-state index in [-0.39, 0.29) is 46.4 Å². The quantitative estimate of drug-likeness (QED) is 0.0510. The first kappa shape index (κ1) is 57.5. The highest BCUT2D eigenvalue weighted by molar-refractivity contribution is 5.96. The average molecular weight is 1140 g/mol. The maximum Gasteiger partial charge on any atom is 0.405 e. The second kappa shape index (κ2) is 24.8. The lowest BCUT2D eigenvalue weighted by molar-refractivity contribution is -0.132. The van der Waals surface area contributed by atoms with Crippen LogP contribution in [0.4, 0.5) is 30.6 Å². The summed E-state index contributed by atoms with van der Waals surface area (Å²) in [5.41, 5.74) is 7.19. The van der Waals surface area contributed by atoms with Gasteiger partial charge < -0.3 is 45.6 Å². The molecule has 2 saturated heterocycles. The summed E-state index contributed by atoms with van der Waals surface area (Å²) in [5.74, 6) is -0.198. The molecule has 0 bridgehead atoms. The number of phenols is 3. The van der Waals surface area contributed by atoms with E-state index < -0.39 is 24.5 Å². The highest BCUT2D eigenvalue weighted by Gasteiger charge is 2.32. The number of phenolic OH excluding ortho intramolecular Hbond substituents is 3. The summed E-state index contributed by atoms with van der Waals surface area (Å²) in [7, 11) is 2.00. The zero-order chi connectivity index (χ0) is 58.5. The summed E-state index contributed by atoms with van der Waals surface area (Å²) in [4.78, 5) is 59.7. The number of aromatic nitrogens is 5. The number of anilines is 3. The molecule has 18 nitrogen and oxygen atoms in total. The third kappa shape index (κ3) is 13.5. The molecular weight excluding hydrogens is 1070 g/mol. The van der Waals surface area contributed by atoms with E-state index in [0.717, 1.165) is 70.0 Å². The molecule has 83 heavy (non-hydrogen) atoms. The van der Waals surface area contributed by atoms with Gasteiger partial charge in [-0.05, 0) is 103 Å². The molecule has 0 unspecified atom stereocenters. The van der Waals surface area contributed by atoms with Crippen molar-refractivity contribution in [2.45, 2.75) is 77.7 Å². The third-order valence-corrected chi connectivity index (χ3v) is 15.8. The monoisotopic (exact) mass is 1130 g/mol. The van der Waals surface area contributed by atoms with Gasteiger partial charge in [0, 0.05) is 106 Å². The largest absolute Gasteiger partial charge is 0.508 e. The molecule has 7 aromatic rings. The number of nitrogens with one attached hydrogen (secondary N) is 2. The molecule has 0 radical (unpaired) electrons. The number of carbonyl (C=O) groups excluding carboxylic acids is 3. The van der Waals surface area contributed by atoms with E-state index in [1.54, 1.807) is 23.1 Å². The minimum absolute atomic E-state index is 0.00610. The number of hydrogen-bond acceptors (Lipinski definition) is 14. The molecule has 2 aromatic heterocycles. The van der Waals surface area contributed by atoms with E-state index in [4.69, 9.17) is 9.97 Å². The van der Waals surface area contributed by atoms with Crippen LogP contribution in [0.5, 0.6) is 17.2 Å². The number of likely N-dealkylation sites (tertiary alicyclic amines) is 1. The lowest BCUT2D eigenvalue weighted by Crippen LogP contribution is -2.49. The molecule has 5 N–H and O–H groups in total. The average Bonchev–Trinajstić information content (AvgIpc) is 3.87. The lowest BCUT2D eigenvalue weighted by Gasteiger charge is -2.38. The van der Waals surface area contributed by atoms with Gasteiger partial charge in [-0.2, -0.15) is 18.2 Å². The summed E-state index contributed by atoms with van der Waals surface area (Å²) in [6.07, 6.45) is 0.405. The van der Waals surface area contributed by atoms with Crippen molar-refractivity contribution < 1.29 is 42.9 Å². The van der Waals surface area contributed by atoms with Gasteiger partial charge in [0.05, 0.1) is 17.8 Å². The van der Waals surface area contributed by atoms with Crippen LogP contribution >= 0.6 is 0 Å². The van der Waals surface area contributed by atoms with Gasteiger partial charge in [-0.3, -0.25) is 23.9 Å². The highest BCUT2D eigenvalue weighted by atomic mass is 19.4. The van der Waals surface area contributed by atoms with E-state index >= 15 is 0 Å². The number of rotatable bonds is 18. The van der Waals surface area contributed by atoms with Crippen LogP contribution in [0.3, 0.4) is 0 Å². The van der Waals surface area contributed by atoms with Crippen molar-refractivity contribution >= 4 is 45.9 Å². The fourth-order valence-corrected chi connectivity index (χ4v) is 11.5. The Labute approximate surface area is 479 Å². The molecule has 434 valence electrons. The van der Waals surface area contributed by atoms with E-state index in [1.807, 2.05) is 67.5 Å². The first-order valence-corrected chi connectivity index (χ1v) is 28.1. The van der Waals surface area contributed by atoms with Crippen LogP contribution in [0, 0.1) is 5.92 Å². The van der Waals surface area contributed by atoms with Gasteiger partial charge >= 0.3 is 6.18 Å². The Morgan fingerprint density at radius 3 is 2.17 bits per heavy atom. The molecular formula is C62H69F3N12O6. The predicted molar refractivity (Wildman–Crippen MR) is 312 cm³/mol. The molecule has 3 aliphatic heterocycles. The van der Waals surface area contributed by atoms with Crippen LogP contribution in [-0.2, 0) is 42.1 Å². The molecule has 21 heteroatoms. The Morgan fingerprint density at radius 1 is 0.795 bits per heavy atom. The number of fused-ring (bicyclic) bond motifs is 2. The van der Waals surface area contributed by atoms with Crippen molar-refractivity contribution in [1.29, 1.82) is 0 Å². The number of piperazine rings is 1. The molecule has 0 atom stereocenters. The molecule has 3 aliphatic rings. The van der Waals surface area contributed by atoms with Crippen LogP contribution in [0.2, 0.25) is 0 Å². The summed E-state index contributed by atoms with van der Waals surface area (Å²) < 4.78 is 40.6. The van der Waals surface area contributed by atoms with Crippen LogP contribution in [0.25, 0.3) is 27.8 Å². The number of piperidine rings is 1. The first-order valence-electron chi connectivity index (χ1n) is 28.1. The van der Waals surface area contributed by atoms with E-state index in [2.05, 4.69) is 67.1 Å². The summed E-state index contributed by atoms with van der Waals surface area (Å²) in [6.45, 7) is 12.3. The van der Waals surface area contributed by atoms with Crippen molar-refractivity contribution in [3.05, 3.63) is 149 Å². The standard InChI is InChI=1S/C62H69F3N12O6/c1-5-55(81)74-26-28-75(29-27-74)57-48-21-25-76(52-32-46(78)31-44-8-6-7-9-47(44)52)37-51(48)68-61(69-57)66-22-18-56(82)73-23-19-41(20-24-73)30-40-10-12-42(13-11-40)35-72(4)36-43-14-16-45(17-15-43)77-58(50-33-49(39(2)3)53(79)34-54(50)80)70-71-59(77)60(83)67-38-62(63,64)65/h5-17,31-34,39,41,78-80H,1,18-30,35-38H2,2-4H3,(H,67,83)(H,66,68,69). The van der Waals surface area contributed by atoms with Crippen LogP contribution in [0.1, 0.15) is 83.2 Å². The Bertz CT molecular complexity index is 3500. The normalized spacial score (nSPS) is 15.0. The SMILES string of the molecule is C=CC(=O)N1CCN(c2nc(NCCC(=O)N3CCC(Cc4ccc(CN(C)Cc5ccc(-n6c(C(=O)NCC(F)(F)F)nnc6-c6cc(C(C)C)c(O)cc6O)cc5)cc4)CC3)nc3c2CCN(c2cc(O)cc4ccccc24)C3)CC1. The molecule has 5 heterocycles. The first-order chi connectivity index (χ1) is 39.9. The number of carbonyl (C=O) groups is 3. The van der Waals surface area contributed by atoms with Crippen LogP contribution in [0.15, 0.2) is 110 Å². The van der Waals surface area contributed by atoms with Gasteiger partial charge in [0.1, 0.15) is 29.6 Å². The van der Waals surface area contributed by atoms with Gasteiger partial charge in [-0.1, -0.05) is 81.1 Å². The molecule has 0 spiro atoms. The van der Waals surface area contributed by atoms with Crippen molar-refractivity contribution in [2.75, 3.05) is 81.1 Å². The number of amides is 3. The number of benzene rings is 5. The molecule has 2 fully saturated rings. The zero-order valence-corrected chi connectivity index (χ0v) is 46.9. The highest BCUT2D eigenvalue weighted by Crippen LogP contribution is 2.40. The summed E-state index contributed by atoms with van der Waals surface area (Å²) in [6, 6.07) is 30.0. The number of halogens is 3.